The van der Waals surface area contributed by atoms with Gasteiger partial charge in [0.15, 0.2) is 6.10 Å². The number of nitrogens with zero attached hydrogens (tertiary/aromatic N) is 1. The molecule has 0 radical (unpaired) electrons. The minimum atomic E-state index is -1.71. The Kier molecular flexibility index (Phi) is 6.47. The zero-order valence-electron chi connectivity index (χ0n) is 18.6. The lowest BCUT2D eigenvalue weighted by Gasteiger charge is -2.13. The average molecular weight is 445 g/mol. The Morgan fingerprint density at radius 1 is 0.939 bits per heavy atom. The summed E-state index contributed by atoms with van der Waals surface area (Å²) in [7, 11) is 0. The van der Waals surface area contributed by atoms with Crippen molar-refractivity contribution in [2.24, 2.45) is 5.73 Å². The maximum atomic E-state index is 12.3. The van der Waals surface area contributed by atoms with Crippen molar-refractivity contribution in [1.29, 1.82) is 0 Å². The van der Waals surface area contributed by atoms with Gasteiger partial charge in [-0.25, -0.2) is 4.79 Å². The van der Waals surface area contributed by atoms with Crippen LogP contribution in [0.3, 0.4) is 0 Å². The van der Waals surface area contributed by atoms with Crippen molar-refractivity contribution < 1.29 is 19.8 Å². The molecule has 1 amide bonds. The summed E-state index contributed by atoms with van der Waals surface area (Å²) in [5.74, 6) is -1.93. The molecule has 0 fully saturated rings. The summed E-state index contributed by atoms with van der Waals surface area (Å²) in [5, 5.41) is 21.4. The zero-order chi connectivity index (χ0) is 23.5. The summed E-state index contributed by atoms with van der Waals surface area (Å²) in [5.41, 5.74) is 9.88. The normalized spacial score (nSPS) is 12.3. The molecule has 0 spiro atoms. The molecule has 6 heteroatoms. The van der Waals surface area contributed by atoms with Gasteiger partial charge in [0.05, 0.1) is 11.0 Å². The number of fused-ring (bicyclic) bond motifs is 3. The minimum absolute atomic E-state index is 0.289. The van der Waals surface area contributed by atoms with Crippen molar-refractivity contribution in [1.82, 2.24) is 4.57 Å². The number of aryl methyl sites for hydroxylation is 1. The van der Waals surface area contributed by atoms with Crippen molar-refractivity contribution >= 4 is 33.7 Å². The molecular weight excluding hydrogens is 416 g/mol. The topological polar surface area (TPSA) is 106 Å². The lowest BCUT2D eigenvalue weighted by molar-refractivity contribution is -0.146. The van der Waals surface area contributed by atoms with Gasteiger partial charge in [-0.15, -0.1) is 0 Å². The van der Waals surface area contributed by atoms with Gasteiger partial charge in [0, 0.05) is 28.4 Å². The fourth-order valence-corrected chi connectivity index (χ4v) is 4.57. The van der Waals surface area contributed by atoms with E-state index in [-0.39, 0.29) is 5.56 Å². The van der Waals surface area contributed by atoms with E-state index < -0.39 is 18.0 Å². The van der Waals surface area contributed by atoms with Gasteiger partial charge in [-0.2, -0.15) is 0 Å². The number of amides is 1. The van der Waals surface area contributed by atoms with Crippen LogP contribution in [-0.4, -0.2) is 26.7 Å². The summed E-state index contributed by atoms with van der Waals surface area (Å²) in [4.78, 5) is 24.1. The van der Waals surface area contributed by atoms with Crippen molar-refractivity contribution in [3.05, 3.63) is 82.9 Å². The summed E-state index contributed by atoms with van der Waals surface area (Å²) >= 11 is 0. The molecule has 33 heavy (non-hydrogen) atoms. The molecule has 4 rings (SSSR count). The fraction of sp³-hybridized carbons (Fsp3) is 0.259. The number of carboxylic acids is 1. The highest BCUT2D eigenvalue weighted by Crippen LogP contribution is 2.38. The largest absolute Gasteiger partial charge is 0.479 e. The number of aliphatic hydroxyl groups is 1. The first-order valence-corrected chi connectivity index (χ1v) is 11.2. The maximum Gasteiger partial charge on any atom is 0.337 e. The van der Waals surface area contributed by atoms with Gasteiger partial charge in [0.1, 0.15) is 0 Å². The Labute approximate surface area is 192 Å². The van der Waals surface area contributed by atoms with E-state index in [1.165, 1.54) is 0 Å². The number of aliphatic hydroxyl groups excluding tert-OH is 1. The van der Waals surface area contributed by atoms with E-state index in [2.05, 4.69) is 17.6 Å². The number of carboxylic acid groups (broad SMARTS) is 1. The third kappa shape index (κ3) is 4.34. The highest BCUT2D eigenvalue weighted by Gasteiger charge is 2.25. The minimum Gasteiger partial charge on any atom is -0.479 e. The molecule has 0 saturated heterocycles. The zero-order valence-corrected chi connectivity index (χ0v) is 18.6. The lowest BCUT2D eigenvalue weighted by atomic mass is 9.95. The van der Waals surface area contributed by atoms with E-state index in [0.717, 1.165) is 47.8 Å². The molecule has 1 aromatic heterocycles. The van der Waals surface area contributed by atoms with Crippen LogP contribution >= 0.6 is 0 Å². The van der Waals surface area contributed by atoms with Crippen LogP contribution in [0.5, 0.6) is 0 Å². The number of carbonyl (C=O) groups excluding carboxylic acids is 1. The molecule has 0 aliphatic rings. The van der Waals surface area contributed by atoms with Crippen LogP contribution in [0.15, 0.2) is 60.7 Å². The number of carbonyl (C=O) groups is 2. The van der Waals surface area contributed by atoms with Crippen LogP contribution in [0.2, 0.25) is 0 Å². The van der Waals surface area contributed by atoms with Crippen molar-refractivity contribution in [2.45, 2.75) is 45.3 Å². The molecule has 0 aliphatic heterocycles. The number of nitrogens with two attached hydrogens (primary N) is 1. The van der Waals surface area contributed by atoms with Gasteiger partial charge in [-0.05, 0) is 42.2 Å². The molecule has 4 N–H and O–H groups in total. The molecule has 3 aromatic carbocycles. The molecule has 4 aromatic rings. The Bertz CT molecular complexity index is 1320. The van der Waals surface area contributed by atoms with E-state index in [1.807, 2.05) is 36.4 Å². The number of hydrogen-bond donors (Lipinski definition) is 3. The quantitative estimate of drug-likeness (QED) is 0.323. The van der Waals surface area contributed by atoms with Crippen LogP contribution in [0.4, 0.5) is 0 Å². The molecule has 1 unspecified atom stereocenters. The predicted octanol–water partition coefficient (Wildman–Crippen LogP) is 4.79. The van der Waals surface area contributed by atoms with Crippen LogP contribution in [0, 0.1) is 0 Å². The molecule has 170 valence electrons. The molecular formula is C27H28N2O4. The van der Waals surface area contributed by atoms with Crippen LogP contribution in [0.25, 0.3) is 21.8 Å². The second kappa shape index (κ2) is 9.46. The molecule has 0 bridgehead atoms. The Morgan fingerprint density at radius 3 is 2.36 bits per heavy atom. The van der Waals surface area contributed by atoms with E-state index in [4.69, 9.17) is 5.73 Å². The number of primary amides is 1. The van der Waals surface area contributed by atoms with Crippen LogP contribution in [-0.2, 0) is 17.8 Å². The standard InChI is InChI=1S/C27H28N2O4/c1-2-3-5-11-18-14-20(25(30)27(32)33)24-22(15-18)29(16-17-9-6-4-7-10-17)21-13-8-12-19(23(21)24)26(28)31/h4,6-10,12-15,25,30H,2-3,5,11,16H2,1H3,(H2,28,31)(H,32,33). The highest BCUT2D eigenvalue weighted by atomic mass is 16.4. The van der Waals surface area contributed by atoms with Crippen molar-refractivity contribution in [2.75, 3.05) is 0 Å². The maximum absolute atomic E-state index is 12.3. The molecule has 1 heterocycles. The SMILES string of the molecule is CCCCCc1cc(C(O)C(=O)O)c2c3c(C(N)=O)cccc3n(Cc3ccccc3)c2c1. The Hall–Kier alpha value is -3.64. The summed E-state index contributed by atoms with van der Waals surface area (Å²) < 4.78 is 2.08. The molecule has 0 saturated carbocycles. The summed E-state index contributed by atoms with van der Waals surface area (Å²) in [6.07, 6.45) is 2.17. The van der Waals surface area contributed by atoms with E-state index in [0.29, 0.717) is 22.9 Å². The fourth-order valence-electron chi connectivity index (χ4n) is 4.57. The van der Waals surface area contributed by atoms with Gasteiger partial charge in [0.2, 0.25) is 5.91 Å². The number of hydrogen-bond acceptors (Lipinski definition) is 3. The highest BCUT2D eigenvalue weighted by molar-refractivity contribution is 6.19. The van der Waals surface area contributed by atoms with E-state index in [1.54, 1.807) is 18.2 Å². The van der Waals surface area contributed by atoms with E-state index >= 15 is 0 Å². The van der Waals surface area contributed by atoms with Gasteiger partial charge < -0.3 is 20.5 Å². The number of aromatic nitrogens is 1. The number of unbranched alkanes of at least 4 members (excludes halogenated alkanes) is 2. The number of benzene rings is 3. The van der Waals surface area contributed by atoms with Crippen molar-refractivity contribution in [3.8, 4) is 0 Å². The Morgan fingerprint density at radius 2 is 1.70 bits per heavy atom. The number of rotatable bonds is 9. The third-order valence-electron chi connectivity index (χ3n) is 6.13. The first-order chi connectivity index (χ1) is 15.9. The molecule has 6 nitrogen and oxygen atoms in total. The lowest BCUT2D eigenvalue weighted by Crippen LogP contribution is -2.13. The first-order valence-electron chi connectivity index (χ1n) is 11.2. The van der Waals surface area contributed by atoms with Gasteiger partial charge in [-0.3, -0.25) is 4.79 Å². The monoisotopic (exact) mass is 444 g/mol. The summed E-state index contributed by atoms with van der Waals surface area (Å²) in [6, 6.07) is 19.1. The predicted molar refractivity (Wildman–Crippen MR) is 129 cm³/mol. The Balaban J connectivity index is 2.08. The summed E-state index contributed by atoms with van der Waals surface area (Å²) in [6.45, 7) is 2.66. The number of aliphatic carboxylic acids is 1. The van der Waals surface area contributed by atoms with Crippen LogP contribution < -0.4 is 5.73 Å². The third-order valence-corrected chi connectivity index (χ3v) is 6.13. The van der Waals surface area contributed by atoms with Gasteiger partial charge >= 0.3 is 5.97 Å². The van der Waals surface area contributed by atoms with E-state index in [9.17, 15) is 19.8 Å². The smallest absolute Gasteiger partial charge is 0.337 e. The first kappa shape index (κ1) is 22.6. The van der Waals surface area contributed by atoms with Gasteiger partial charge in [-0.1, -0.05) is 62.2 Å². The second-order valence-electron chi connectivity index (χ2n) is 8.41. The molecule has 1 atom stereocenters. The van der Waals surface area contributed by atoms with Gasteiger partial charge in [0.25, 0.3) is 0 Å². The molecule has 0 aliphatic carbocycles. The average Bonchev–Trinajstić information content (AvgIpc) is 3.12. The van der Waals surface area contributed by atoms with Crippen molar-refractivity contribution in [3.63, 3.8) is 0 Å². The van der Waals surface area contributed by atoms with Crippen LogP contribution in [0.1, 0.15) is 59.3 Å². The second-order valence-corrected chi connectivity index (χ2v) is 8.41.